The summed E-state index contributed by atoms with van der Waals surface area (Å²) in [7, 11) is 0. The monoisotopic (exact) mass is 279 g/mol. The van der Waals surface area contributed by atoms with Crippen molar-refractivity contribution in [2.75, 3.05) is 0 Å². The van der Waals surface area contributed by atoms with Crippen LogP contribution >= 0.6 is 0 Å². The van der Waals surface area contributed by atoms with Crippen LogP contribution in [-0.2, 0) is 12.9 Å². The first kappa shape index (κ1) is 14.3. The van der Waals surface area contributed by atoms with Crippen LogP contribution in [0.5, 0.6) is 5.75 Å². The van der Waals surface area contributed by atoms with Crippen LogP contribution in [0.15, 0.2) is 11.0 Å². The largest absolute Gasteiger partial charge is 0.573 e. The lowest BCUT2D eigenvalue weighted by Crippen LogP contribution is -2.27. The van der Waals surface area contributed by atoms with E-state index in [0.29, 0.717) is 6.20 Å². The number of hydrogen-bond donors (Lipinski definition) is 1. The summed E-state index contributed by atoms with van der Waals surface area (Å²) in [5, 5.41) is 0. The Morgan fingerprint density at radius 1 is 1.17 bits per heavy atom. The molecular formula is C8H4F7NO2. The molecule has 0 saturated heterocycles. The number of ether oxygens (including phenoxy) is 1. The summed E-state index contributed by atoms with van der Waals surface area (Å²) in [5.74, 6) is -1.87. The SMILES string of the molecule is O=c1[nH]cc(CF)c(OC(F)(F)F)c1C(F)(F)F. The lowest BCUT2D eigenvalue weighted by atomic mass is 10.1. The highest BCUT2D eigenvalue weighted by atomic mass is 19.4. The normalized spacial score (nSPS) is 12.6. The molecule has 1 rings (SSSR count). The fourth-order valence-corrected chi connectivity index (χ4v) is 1.14. The average molecular weight is 279 g/mol. The van der Waals surface area contributed by atoms with Crippen molar-refractivity contribution < 1.29 is 35.5 Å². The van der Waals surface area contributed by atoms with Crippen LogP contribution in [0, 0.1) is 0 Å². The molecule has 0 unspecified atom stereocenters. The van der Waals surface area contributed by atoms with E-state index >= 15 is 0 Å². The van der Waals surface area contributed by atoms with Gasteiger partial charge in [-0.2, -0.15) is 13.2 Å². The number of rotatable bonds is 2. The standard InChI is InChI=1S/C8H4F7NO2/c9-1-3-2-16-6(17)4(7(10,11)12)5(3)18-8(13,14)15/h2H,1H2,(H,16,17). The number of hydrogen-bond acceptors (Lipinski definition) is 2. The van der Waals surface area contributed by atoms with Crippen LogP contribution in [0.2, 0.25) is 0 Å². The number of alkyl halides is 7. The fraction of sp³-hybridized carbons (Fsp3) is 0.375. The average Bonchev–Trinajstić information content (AvgIpc) is 2.13. The molecule has 0 fully saturated rings. The maximum Gasteiger partial charge on any atom is 0.573 e. The lowest BCUT2D eigenvalue weighted by molar-refractivity contribution is -0.276. The first-order chi connectivity index (χ1) is 8.06. The van der Waals surface area contributed by atoms with E-state index in [-0.39, 0.29) is 0 Å². The Labute approximate surface area is 94.2 Å². The number of halogens is 7. The Kier molecular flexibility index (Phi) is 3.58. The molecule has 0 aliphatic heterocycles. The van der Waals surface area contributed by atoms with Crippen molar-refractivity contribution in [3.05, 3.63) is 27.7 Å². The van der Waals surface area contributed by atoms with Crippen LogP contribution in [0.25, 0.3) is 0 Å². The lowest BCUT2D eigenvalue weighted by Gasteiger charge is -2.16. The third-order valence-electron chi connectivity index (χ3n) is 1.77. The molecule has 0 aliphatic carbocycles. The van der Waals surface area contributed by atoms with Gasteiger partial charge in [-0.05, 0) is 0 Å². The predicted molar refractivity (Wildman–Crippen MR) is 43.6 cm³/mol. The van der Waals surface area contributed by atoms with Crippen LogP contribution in [0.4, 0.5) is 30.7 Å². The molecule has 3 nitrogen and oxygen atoms in total. The molecule has 0 amide bonds. The van der Waals surface area contributed by atoms with Crippen molar-refractivity contribution in [2.45, 2.75) is 19.2 Å². The zero-order chi connectivity index (χ0) is 14.1. The topological polar surface area (TPSA) is 42.1 Å². The van der Waals surface area contributed by atoms with E-state index in [4.69, 9.17) is 0 Å². The number of nitrogens with one attached hydrogen (secondary N) is 1. The van der Waals surface area contributed by atoms with Gasteiger partial charge in [-0.1, -0.05) is 0 Å². The first-order valence-corrected chi connectivity index (χ1v) is 4.19. The molecule has 0 aromatic carbocycles. The molecule has 1 aromatic rings. The van der Waals surface area contributed by atoms with Gasteiger partial charge in [0.2, 0.25) is 0 Å². The van der Waals surface area contributed by atoms with Crippen LogP contribution in [-0.4, -0.2) is 11.3 Å². The molecule has 0 bridgehead atoms. The van der Waals surface area contributed by atoms with E-state index in [9.17, 15) is 35.5 Å². The molecular weight excluding hydrogens is 275 g/mol. The number of H-pyrrole nitrogens is 1. The molecule has 0 radical (unpaired) electrons. The van der Waals surface area contributed by atoms with Gasteiger partial charge in [0.25, 0.3) is 5.56 Å². The van der Waals surface area contributed by atoms with Crippen LogP contribution in [0.3, 0.4) is 0 Å². The Bertz CT molecular complexity index is 488. The van der Waals surface area contributed by atoms with Crippen LogP contribution < -0.4 is 10.3 Å². The highest BCUT2D eigenvalue weighted by Crippen LogP contribution is 2.38. The summed E-state index contributed by atoms with van der Waals surface area (Å²) in [6.45, 7) is -1.66. The predicted octanol–water partition coefficient (Wildman–Crippen LogP) is 2.76. The molecule has 102 valence electrons. The molecule has 0 spiro atoms. The second kappa shape index (κ2) is 4.50. The van der Waals surface area contributed by atoms with E-state index in [1.54, 1.807) is 0 Å². The summed E-state index contributed by atoms with van der Waals surface area (Å²) < 4.78 is 88.4. The smallest absolute Gasteiger partial charge is 0.404 e. The van der Waals surface area contributed by atoms with E-state index in [1.165, 1.54) is 4.98 Å². The quantitative estimate of drug-likeness (QED) is 0.846. The summed E-state index contributed by atoms with van der Waals surface area (Å²) >= 11 is 0. The molecule has 0 saturated carbocycles. The van der Waals surface area contributed by atoms with Gasteiger partial charge in [-0.3, -0.25) is 4.79 Å². The number of aromatic amines is 1. The second-order valence-electron chi connectivity index (χ2n) is 3.03. The van der Waals surface area contributed by atoms with Gasteiger partial charge in [0.15, 0.2) is 11.3 Å². The van der Waals surface area contributed by atoms with E-state index in [0.717, 1.165) is 0 Å². The van der Waals surface area contributed by atoms with Crippen molar-refractivity contribution >= 4 is 0 Å². The molecule has 1 N–H and O–H groups in total. The van der Waals surface area contributed by atoms with Gasteiger partial charge in [-0.25, -0.2) is 4.39 Å². The Hall–Kier alpha value is -1.74. The second-order valence-corrected chi connectivity index (χ2v) is 3.03. The summed E-state index contributed by atoms with van der Waals surface area (Å²) in [6.07, 6.45) is -10.5. The molecule has 0 aliphatic rings. The van der Waals surface area contributed by atoms with Crippen molar-refractivity contribution in [1.29, 1.82) is 0 Å². The zero-order valence-electron chi connectivity index (χ0n) is 8.25. The van der Waals surface area contributed by atoms with Crippen molar-refractivity contribution in [1.82, 2.24) is 4.98 Å². The van der Waals surface area contributed by atoms with Gasteiger partial charge in [-0.15, -0.1) is 13.2 Å². The Morgan fingerprint density at radius 3 is 2.11 bits per heavy atom. The van der Waals surface area contributed by atoms with Crippen molar-refractivity contribution in [3.63, 3.8) is 0 Å². The minimum absolute atomic E-state index is 0.388. The third-order valence-corrected chi connectivity index (χ3v) is 1.77. The number of pyridine rings is 1. The Morgan fingerprint density at radius 2 is 1.72 bits per heavy atom. The molecule has 1 aromatic heterocycles. The van der Waals surface area contributed by atoms with E-state index in [2.05, 4.69) is 4.74 Å². The maximum absolute atomic E-state index is 12.4. The van der Waals surface area contributed by atoms with Crippen molar-refractivity contribution in [2.24, 2.45) is 0 Å². The zero-order valence-corrected chi connectivity index (χ0v) is 8.25. The fourth-order valence-electron chi connectivity index (χ4n) is 1.14. The van der Waals surface area contributed by atoms with Gasteiger partial charge in [0, 0.05) is 11.8 Å². The van der Waals surface area contributed by atoms with Gasteiger partial charge in [0.05, 0.1) is 0 Å². The minimum Gasteiger partial charge on any atom is -0.404 e. The molecule has 18 heavy (non-hydrogen) atoms. The summed E-state index contributed by atoms with van der Waals surface area (Å²) in [5.41, 5.74) is -5.13. The Balaban J connectivity index is 3.52. The summed E-state index contributed by atoms with van der Waals surface area (Å²) in [6, 6.07) is 0. The molecule has 0 atom stereocenters. The third kappa shape index (κ3) is 3.14. The van der Waals surface area contributed by atoms with Gasteiger partial charge in [0.1, 0.15) is 6.67 Å². The molecule has 1 heterocycles. The summed E-state index contributed by atoms with van der Waals surface area (Å²) in [4.78, 5) is 12.4. The van der Waals surface area contributed by atoms with Crippen LogP contribution in [0.1, 0.15) is 11.1 Å². The number of aromatic nitrogens is 1. The first-order valence-electron chi connectivity index (χ1n) is 4.19. The van der Waals surface area contributed by atoms with Gasteiger partial charge < -0.3 is 9.72 Å². The highest BCUT2D eigenvalue weighted by Gasteiger charge is 2.43. The minimum atomic E-state index is -5.47. The van der Waals surface area contributed by atoms with E-state index in [1.807, 2.05) is 0 Å². The maximum atomic E-state index is 12.4. The van der Waals surface area contributed by atoms with Crippen molar-refractivity contribution in [3.8, 4) is 5.75 Å². The highest BCUT2D eigenvalue weighted by molar-refractivity contribution is 5.40. The van der Waals surface area contributed by atoms with E-state index < -0.39 is 41.6 Å². The van der Waals surface area contributed by atoms with Gasteiger partial charge >= 0.3 is 12.5 Å². The molecule has 10 heteroatoms.